The zero-order chi connectivity index (χ0) is 19.2. The van der Waals surface area contributed by atoms with Gasteiger partial charge in [-0.1, -0.05) is 41.1 Å². The smallest absolute Gasteiger partial charge is 0.277 e. The van der Waals surface area contributed by atoms with E-state index in [1.54, 1.807) is 7.11 Å². The van der Waals surface area contributed by atoms with Crippen molar-refractivity contribution in [3.63, 3.8) is 0 Å². The zero-order valence-corrected chi connectivity index (χ0v) is 16.3. The van der Waals surface area contributed by atoms with Gasteiger partial charge in [-0.2, -0.15) is 0 Å². The molecular formula is C20H21N3O3S. The maximum atomic E-state index is 12.0. The Morgan fingerprint density at radius 1 is 1.11 bits per heavy atom. The number of methoxy groups -OCH3 is 1. The second-order valence-electron chi connectivity index (χ2n) is 6.16. The summed E-state index contributed by atoms with van der Waals surface area (Å²) in [5.74, 6) is 1.37. The lowest BCUT2D eigenvalue weighted by molar-refractivity contribution is -0.118. The van der Waals surface area contributed by atoms with E-state index < -0.39 is 0 Å². The molecule has 0 unspecified atom stereocenters. The Balaban J connectivity index is 1.51. The van der Waals surface area contributed by atoms with Gasteiger partial charge in [0.15, 0.2) is 0 Å². The number of thioether (sulfide) groups is 1. The first kappa shape index (κ1) is 19.0. The summed E-state index contributed by atoms with van der Waals surface area (Å²) in [5, 5.41) is 11.3. The quantitative estimate of drug-likeness (QED) is 0.626. The molecule has 0 aliphatic heterocycles. The topological polar surface area (TPSA) is 77.2 Å². The Labute approximate surface area is 162 Å². The van der Waals surface area contributed by atoms with Gasteiger partial charge in [-0.25, -0.2) is 0 Å². The third-order valence-corrected chi connectivity index (χ3v) is 4.67. The number of rotatable bonds is 7. The molecule has 0 saturated carbocycles. The number of hydrogen-bond donors (Lipinski definition) is 1. The van der Waals surface area contributed by atoms with Crippen molar-refractivity contribution < 1.29 is 13.9 Å². The molecule has 6 nitrogen and oxygen atoms in total. The highest BCUT2D eigenvalue weighted by atomic mass is 32.2. The number of nitrogens with zero attached hydrogens (tertiary/aromatic N) is 2. The number of aromatic nitrogens is 2. The monoisotopic (exact) mass is 383 g/mol. The SMILES string of the molecule is COc1ccc(CNC(=O)CSc2nnc(-c3cc(C)cc(C)c3)o2)cc1. The summed E-state index contributed by atoms with van der Waals surface area (Å²) in [6, 6.07) is 13.6. The molecule has 0 spiro atoms. The molecule has 0 aliphatic rings. The molecular weight excluding hydrogens is 362 g/mol. The van der Waals surface area contributed by atoms with Crippen LogP contribution in [0.25, 0.3) is 11.5 Å². The Hall–Kier alpha value is -2.80. The molecule has 1 heterocycles. The van der Waals surface area contributed by atoms with Crippen LogP contribution in [0.5, 0.6) is 5.75 Å². The third kappa shape index (κ3) is 5.34. The molecule has 3 rings (SSSR count). The van der Waals surface area contributed by atoms with Gasteiger partial charge in [0.1, 0.15) is 5.75 Å². The summed E-state index contributed by atoms with van der Waals surface area (Å²) in [6.45, 7) is 4.51. The predicted octanol–water partition coefficient (Wildman–Crippen LogP) is 3.77. The minimum atomic E-state index is -0.0954. The van der Waals surface area contributed by atoms with Crippen molar-refractivity contribution in [1.82, 2.24) is 15.5 Å². The van der Waals surface area contributed by atoms with Crippen LogP contribution in [-0.2, 0) is 11.3 Å². The highest BCUT2D eigenvalue weighted by molar-refractivity contribution is 7.99. The van der Waals surface area contributed by atoms with Gasteiger partial charge in [0.05, 0.1) is 12.9 Å². The van der Waals surface area contributed by atoms with Crippen molar-refractivity contribution in [2.24, 2.45) is 0 Å². The van der Waals surface area contributed by atoms with E-state index in [0.29, 0.717) is 17.7 Å². The molecule has 0 radical (unpaired) electrons. The van der Waals surface area contributed by atoms with Gasteiger partial charge in [-0.15, -0.1) is 10.2 Å². The number of hydrogen-bond acceptors (Lipinski definition) is 6. The Kier molecular flexibility index (Phi) is 6.13. The maximum Gasteiger partial charge on any atom is 0.277 e. The van der Waals surface area contributed by atoms with Gasteiger partial charge < -0.3 is 14.5 Å². The van der Waals surface area contributed by atoms with Crippen LogP contribution in [0.1, 0.15) is 16.7 Å². The van der Waals surface area contributed by atoms with Crippen LogP contribution in [0.2, 0.25) is 0 Å². The van der Waals surface area contributed by atoms with Crippen LogP contribution in [0.4, 0.5) is 0 Å². The predicted molar refractivity (Wildman–Crippen MR) is 105 cm³/mol. The largest absolute Gasteiger partial charge is 0.497 e. The second kappa shape index (κ2) is 8.73. The van der Waals surface area contributed by atoms with Gasteiger partial charge in [0.2, 0.25) is 11.8 Å². The highest BCUT2D eigenvalue weighted by Gasteiger charge is 2.12. The van der Waals surface area contributed by atoms with E-state index in [2.05, 4.69) is 21.6 Å². The number of nitrogens with one attached hydrogen (secondary N) is 1. The fraction of sp³-hybridized carbons (Fsp3) is 0.250. The maximum absolute atomic E-state index is 12.0. The molecule has 0 atom stereocenters. The normalized spacial score (nSPS) is 10.6. The first-order valence-electron chi connectivity index (χ1n) is 8.48. The van der Waals surface area contributed by atoms with Crippen molar-refractivity contribution in [2.75, 3.05) is 12.9 Å². The van der Waals surface area contributed by atoms with E-state index in [-0.39, 0.29) is 11.7 Å². The summed E-state index contributed by atoms with van der Waals surface area (Å²) in [5.41, 5.74) is 4.16. The van der Waals surface area contributed by atoms with E-state index in [4.69, 9.17) is 9.15 Å². The standard InChI is InChI=1S/C20H21N3O3S/c1-13-8-14(2)10-16(9-13)19-22-23-20(26-19)27-12-18(24)21-11-15-4-6-17(25-3)7-5-15/h4-10H,11-12H2,1-3H3,(H,21,24). The Bertz CT molecular complexity index is 902. The molecule has 1 N–H and O–H groups in total. The molecule has 27 heavy (non-hydrogen) atoms. The van der Waals surface area contributed by atoms with Crippen LogP contribution in [0.3, 0.4) is 0 Å². The minimum absolute atomic E-state index is 0.0954. The van der Waals surface area contributed by atoms with Crippen LogP contribution >= 0.6 is 11.8 Å². The zero-order valence-electron chi connectivity index (χ0n) is 15.5. The highest BCUT2D eigenvalue weighted by Crippen LogP contribution is 2.24. The van der Waals surface area contributed by atoms with Crippen LogP contribution in [0.15, 0.2) is 52.1 Å². The van der Waals surface area contributed by atoms with Crippen molar-refractivity contribution in [2.45, 2.75) is 25.6 Å². The fourth-order valence-electron chi connectivity index (χ4n) is 2.61. The van der Waals surface area contributed by atoms with E-state index >= 15 is 0 Å². The number of benzene rings is 2. The molecule has 1 aromatic heterocycles. The lowest BCUT2D eigenvalue weighted by Gasteiger charge is -2.05. The summed E-state index contributed by atoms with van der Waals surface area (Å²) in [7, 11) is 1.62. The fourth-order valence-corrected chi connectivity index (χ4v) is 3.20. The van der Waals surface area contributed by atoms with Crippen molar-refractivity contribution >= 4 is 17.7 Å². The van der Waals surface area contributed by atoms with E-state index in [0.717, 1.165) is 28.0 Å². The summed E-state index contributed by atoms with van der Waals surface area (Å²) < 4.78 is 10.8. The molecule has 0 fully saturated rings. The van der Waals surface area contributed by atoms with Crippen LogP contribution in [-0.4, -0.2) is 29.0 Å². The first-order valence-corrected chi connectivity index (χ1v) is 9.46. The summed E-state index contributed by atoms with van der Waals surface area (Å²) in [4.78, 5) is 12.0. The van der Waals surface area contributed by atoms with E-state index in [9.17, 15) is 4.79 Å². The molecule has 3 aromatic rings. The molecule has 0 bridgehead atoms. The number of carbonyl (C=O) groups is 1. The number of carbonyl (C=O) groups excluding carboxylic acids is 1. The first-order chi connectivity index (χ1) is 13.0. The molecule has 2 aromatic carbocycles. The summed E-state index contributed by atoms with van der Waals surface area (Å²) in [6.07, 6.45) is 0. The Morgan fingerprint density at radius 3 is 2.48 bits per heavy atom. The number of ether oxygens (including phenoxy) is 1. The minimum Gasteiger partial charge on any atom is -0.497 e. The molecule has 7 heteroatoms. The number of aryl methyl sites for hydroxylation is 2. The number of amides is 1. The molecule has 0 saturated heterocycles. The van der Waals surface area contributed by atoms with Gasteiger partial charge in [0.25, 0.3) is 5.22 Å². The molecule has 140 valence electrons. The Morgan fingerprint density at radius 2 is 1.81 bits per heavy atom. The van der Waals surface area contributed by atoms with Gasteiger partial charge in [-0.05, 0) is 43.7 Å². The average molecular weight is 383 g/mol. The van der Waals surface area contributed by atoms with Crippen molar-refractivity contribution in [3.8, 4) is 17.2 Å². The van der Waals surface area contributed by atoms with Crippen molar-refractivity contribution in [1.29, 1.82) is 0 Å². The lowest BCUT2D eigenvalue weighted by Crippen LogP contribution is -2.24. The second-order valence-corrected chi connectivity index (χ2v) is 7.09. The van der Waals surface area contributed by atoms with Gasteiger partial charge in [0, 0.05) is 12.1 Å². The molecule has 0 aliphatic carbocycles. The third-order valence-electron chi connectivity index (χ3n) is 3.85. The van der Waals surface area contributed by atoms with Gasteiger partial charge >= 0.3 is 0 Å². The average Bonchev–Trinajstić information content (AvgIpc) is 3.13. The van der Waals surface area contributed by atoms with Crippen LogP contribution in [0, 0.1) is 13.8 Å². The lowest BCUT2D eigenvalue weighted by atomic mass is 10.1. The van der Waals surface area contributed by atoms with E-state index in [1.165, 1.54) is 11.8 Å². The van der Waals surface area contributed by atoms with Crippen LogP contribution < -0.4 is 10.1 Å². The van der Waals surface area contributed by atoms with E-state index in [1.807, 2.05) is 50.2 Å². The van der Waals surface area contributed by atoms with Crippen molar-refractivity contribution in [3.05, 3.63) is 59.2 Å². The van der Waals surface area contributed by atoms with Gasteiger partial charge in [-0.3, -0.25) is 4.79 Å². The summed E-state index contributed by atoms with van der Waals surface area (Å²) >= 11 is 1.22. The molecule has 1 amide bonds.